The Hall–Kier alpha value is -2.63. The lowest BCUT2D eigenvalue weighted by atomic mass is 10.1. The van der Waals surface area contributed by atoms with Crippen molar-refractivity contribution in [1.29, 1.82) is 0 Å². The predicted molar refractivity (Wildman–Crippen MR) is 111 cm³/mol. The summed E-state index contributed by atoms with van der Waals surface area (Å²) >= 11 is 0. The van der Waals surface area contributed by atoms with E-state index >= 15 is 0 Å². The molecule has 1 aliphatic rings. The topological polar surface area (TPSA) is 45.9 Å². The van der Waals surface area contributed by atoms with Gasteiger partial charge < -0.3 is 9.15 Å². The summed E-state index contributed by atoms with van der Waals surface area (Å²) in [6.45, 7) is 7.76. The Bertz CT molecular complexity index is 1000. The van der Waals surface area contributed by atoms with Crippen molar-refractivity contribution < 1.29 is 9.15 Å². The summed E-state index contributed by atoms with van der Waals surface area (Å²) in [6, 6.07) is 16.0. The molecule has 0 atom stereocenters. The SMILES string of the molecule is COc1ccc(CN2CCN(Cc3cc(=O)oc4cc(C)ccc34)CC2)cc1. The first kappa shape index (κ1) is 18.7. The fourth-order valence-electron chi connectivity index (χ4n) is 3.80. The van der Waals surface area contributed by atoms with Crippen LogP contribution in [-0.4, -0.2) is 43.1 Å². The Balaban J connectivity index is 1.39. The number of methoxy groups -OCH3 is 1. The quantitative estimate of drug-likeness (QED) is 0.637. The average molecular weight is 378 g/mol. The lowest BCUT2D eigenvalue weighted by Gasteiger charge is -2.34. The molecule has 0 spiro atoms. The molecule has 0 saturated carbocycles. The monoisotopic (exact) mass is 378 g/mol. The van der Waals surface area contributed by atoms with Gasteiger partial charge in [-0.25, -0.2) is 4.79 Å². The van der Waals surface area contributed by atoms with Gasteiger partial charge in [-0.2, -0.15) is 0 Å². The van der Waals surface area contributed by atoms with E-state index in [2.05, 4.69) is 34.1 Å². The molecule has 0 radical (unpaired) electrons. The Morgan fingerprint density at radius 2 is 1.61 bits per heavy atom. The molecule has 5 nitrogen and oxygen atoms in total. The number of nitrogens with zero attached hydrogens (tertiary/aromatic N) is 2. The number of benzene rings is 2. The third-order valence-corrected chi connectivity index (χ3v) is 5.41. The second kappa shape index (κ2) is 8.17. The molecule has 1 aromatic heterocycles. The van der Waals surface area contributed by atoms with Gasteiger partial charge in [-0.1, -0.05) is 24.3 Å². The van der Waals surface area contributed by atoms with Crippen LogP contribution in [0.15, 0.2) is 57.7 Å². The second-order valence-electron chi connectivity index (χ2n) is 7.49. The smallest absolute Gasteiger partial charge is 0.336 e. The Labute approximate surface area is 165 Å². The number of aryl methyl sites for hydroxylation is 1. The molecule has 1 saturated heterocycles. The van der Waals surface area contributed by atoms with Gasteiger partial charge in [0, 0.05) is 50.7 Å². The molecule has 0 bridgehead atoms. The number of hydrogen-bond donors (Lipinski definition) is 0. The van der Waals surface area contributed by atoms with Gasteiger partial charge in [0.15, 0.2) is 0 Å². The van der Waals surface area contributed by atoms with Crippen molar-refractivity contribution >= 4 is 11.0 Å². The number of fused-ring (bicyclic) bond motifs is 1. The van der Waals surface area contributed by atoms with Crippen molar-refractivity contribution in [3.8, 4) is 5.75 Å². The van der Waals surface area contributed by atoms with Crippen molar-refractivity contribution in [3.63, 3.8) is 0 Å². The minimum atomic E-state index is -0.272. The van der Waals surface area contributed by atoms with Gasteiger partial charge in [0.25, 0.3) is 0 Å². The largest absolute Gasteiger partial charge is 0.497 e. The molecule has 146 valence electrons. The van der Waals surface area contributed by atoms with Gasteiger partial charge in [0.2, 0.25) is 0 Å². The van der Waals surface area contributed by atoms with Crippen molar-refractivity contribution in [3.05, 3.63) is 75.6 Å². The third-order valence-electron chi connectivity index (χ3n) is 5.41. The lowest BCUT2D eigenvalue weighted by Crippen LogP contribution is -2.45. The van der Waals surface area contributed by atoms with Crippen LogP contribution >= 0.6 is 0 Å². The van der Waals surface area contributed by atoms with Crippen molar-refractivity contribution in [2.24, 2.45) is 0 Å². The molecule has 5 heteroatoms. The molecule has 0 unspecified atom stereocenters. The van der Waals surface area contributed by atoms with Gasteiger partial charge in [0.05, 0.1) is 7.11 Å². The number of rotatable bonds is 5. The van der Waals surface area contributed by atoms with E-state index in [1.165, 1.54) is 5.56 Å². The lowest BCUT2D eigenvalue weighted by molar-refractivity contribution is 0.122. The normalized spacial score (nSPS) is 15.8. The van der Waals surface area contributed by atoms with Crippen LogP contribution in [0.25, 0.3) is 11.0 Å². The van der Waals surface area contributed by atoms with E-state index in [9.17, 15) is 4.79 Å². The van der Waals surface area contributed by atoms with Crippen LogP contribution in [-0.2, 0) is 13.1 Å². The maximum atomic E-state index is 12.0. The van der Waals surface area contributed by atoms with Gasteiger partial charge in [0.1, 0.15) is 11.3 Å². The van der Waals surface area contributed by atoms with Gasteiger partial charge in [-0.15, -0.1) is 0 Å². The zero-order valence-corrected chi connectivity index (χ0v) is 16.5. The van der Waals surface area contributed by atoms with Gasteiger partial charge >= 0.3 is 5.63 Å². The third kappa shape index (κ3) is 4.26. The molecular formula is C23H26N2O3. The first-order chi connectivity index (χ1) is 13.6. The molecule has 1 aliphatic heterocycles. The average Bonchev–Trinajstić information content (AvgIpc) is 2.69. The second-order valence-corrected chi connectivity index (χ2v) is 7.49. The standard InChI is InChI=1S/C23H26N2O3/c1-17-3-8-21-19(14-23(26)28-22(21)13-17)16-25-11-9-24(10-12-25)15-18-4-6-20(27-2)7-5-18/h3-8,13-14H,9-12,15-16H2,1-2H3. The predicted octanol–water partition coefficient (Wildman–Crippen LogP) is 3.43. The number of ether oxygens (including phenoxy) is 1. The van der Waals surface area contributed by atoms with E-state index in [-0.39, 0.29) is 5.63 Å². The van der Waals surface area contributed by atoms with Crippen LogP contribution in [0.4, 0.5) is 0 Å². The van der Waals surface area contributed by atoms with Crippen molar-refractivity contribution in [2.45, 2.75) is 20.0 Å². The van der Waals surface area contributed by atoms with E-state index in [4.69, 9.17) is 9.15 Å². The Morgan fingerprint density at radius 1 is 0.929 bits per heavy atom. The van der Waals surface area contributed by atoms with Crippen LogP contribution in [0.1, 0.15) is 16.7 Å². The highest BCUT2D eigenvalue weighted by Crippen LogP contribution is 2.21. The molecule has 1 fully saturated rings. The summed E-state index contributed by atoms with van der Waals surface area (Å²) in [7, 11) is 1.69. The van der Waals surface area contributed by atoms with E-state index in [1.807, 2.05) is 25.1 Å². The van der Waals surface area contributed by atoms with Crippen molar-refractivity contribution in [1.82, 2.24) is 9.80 Å². The summed E-state index contributed by atoms with van der Waals surface area (Å²) in [4.78, 5) is 16.8. The molecule has 0 amide bonds. The maximum Gasteiger partial charge on any atom is 0.336 e. The van der Waals surface area contributed by atoms with E-state index in [0.29, 0.717) is 5.58 Å². The molecule has 0 aliphatic carbocycles. The first-order valence-electron chi connectivity index (χ1n) is 9.72. The summed E-state index contributed by atoms with van der Waals surface area (Å²) in [5, 5.41) is 1.03. The van der Waals surface area contributed by atoms with Gasteiger partial charge in [-0.3, -0.25) is 9.80 Å². The fourth-order valence-corrected chi connectivity index (χ4v) is 3.80. The highest BCUT2D eigenvalue weighted by molar-refractivity contribution is 5.80. The molecule has 0 N–H and O–H groups in total. The Morgan fingerprint density at radius 3 is 2.29 bits per heavy atom. The Kier molecular flexibility index (Phi) is 5.46. The maximum absolute atomic E-state index is 12.0. The summed E-state index contributed by atoms with van der Waals surface area (Å²) < 4.78 is 10.6. The fraction of sp³-hybridized carbons (Fsp3) is 0.348. The summed E-state index contributed by atoms with van der Waals surface area (Å²) in [6.07, 6.45) is 0. The summed E-state index contributed by atoms with van der Waals surface area (Å²) in [5.41, 5.74) is 3.86. The zero-order chi connectivity index (χ0) is 19.5. The number of piperazine rings is 1. The van der Waals surface area contributed by atoms with Crippen LogP contribution in [0.5, 0.6) is 5.75 Å². The van der Waals surface area contributed by atoms with Gasteiger partial charge in [-0.05, 0) is 41.8 Å². The number of hydrogen-bond acceptors (Lipinski definition) is 5. The minimum absolute atomic E-state index is 0.272. The molecular weight excluding hydrogens is 352 g/mol. The van der Waals surface area contributed by atoms with Crippen LogP contribution in [0, 0.1) is 6.92 Å². The minimum Gasteiger partial charge on any atom is -0.497 e. The molecule has 2 heterocycles. The van der Waals surface area contributed by atoms with E-state index < -0.39 is 0 Å². The highest BCUT2D eigenvalue weighted by atomic mass is 16.5. The van der Waals surface area contributed by atoms with Crippen LogP contribution in [0.3, 0.4) is 0 Å². The molecule has 4 rings (SSSR count). The first-order valence-corrected chi connectivity index (χ1v) is 9.72. The van der Waals surface area contributed by atoms with Crippen LogP contribution < -0.4 is 10.4 Å². The van der Waals surface area contributed by atoms with Crippen molar-refractivity contribution in [2.75, 3.05) is 33.3 Å². The van der Waals surface area contributed by atoms with Crippen LogP contribution in [0.2, 0.25) is 0 Å². The molecule has 2 aromatic carbocycles. The highest BCUT2D eigenvalue weighted by Gasteiger charge is 2.18. The molecule has 28 heavy (non-hydrogen) atoms. The zero-order valence-electron chi connectivity index (χ0n) is 16.5. The molecule has 3 aromatic rings. The summed E-state index contributed by atoms with van der Waals surface area (Å²) in [5.74, 6) is 0.892. The van der Waals surface area contributed by atoms with E-state index in [0.717, 1.165) is 61.5 Å². The van der Waals surface area contributed by atoms with E-state index in [1.54, 1.807) is 13.2 Å².